The molecular formula is C27H27N3O4. The number of rotatable bonds is 7. The molecule has 1 aromatic heterocycles. The molecule has 34 heavy (non-hydrogen) atoms. The summed E-state index contributed by atoms with van der Waals surface area (Å²) in [5.41, 5.74) is 3.60. The zero-order valence-electron chi connectivity index (χ0n) is 19.4. The molecule has 0 bridgehead atoms. The molecule has 4 rings (SSSR count). The van der Waals surface area contributed by atoms with Gasteiger partial charge in [0, 0.05) is 17.6 Å². The number of nitrogens with one attached hydrogen (secondary N) is 2. The van der Waals surface area contributed by atoms with Gasteiger partial charge in [0.1, 0.15) is 11.5 Å². The van der Waals surface area contributed by atoms with Gasteiger partial charge in [-0.25, -0.2) is 4.79 Å². The lowest BCUT2D eigenvalue weighted by atomic mass is 10.1. The van der Waals surface area contributed by atoms with Crippen LogP contribution in [-0.2, 0) is 13.1 Å². The van der Waals surface area contributed by atoms with E-state index >= 15 is 0 Å². The number of methoxy groups -OCH3 is 2. The van der Waals surface area contributed by atoms with E-state index in [1.54, 1.807) is 31.3 Å². The number of para-hydroxylation sites is 2. The fraction of sp³-hybridized carbons (Fsp3) is 0.185. The summed E-state index contributed by atoms with van der Waals surface area (Å²) >= 11 is 0. The van der Waals surface area contributed by atoms with Crippen molar-refractivity contribution in [2.45, 2.75) is 20.0 Å². The summed E-state index contributed by atoms with van der Waals surface area (Å²) in [7, 11) is 3.16. The highest BCUT2D eigenvalue weighted by atomic mass is 16.5. The zero-order valence-corrected chi connectivity index (χ0v) is 19.4. The maximum absolute atomic E-state index is 13.4. The van der Waals surface area contributed by atoms with Crippen LogP contribution in [0.1, 0.15) is 16.7 Å². The van der Waals surface area contributed by atoms with Gasteiger partial charge in [0.25, 0.3) is 5.56 Å². The average molecular weight is 458 g/mol. The molecule has 0 aliphatic rings. The monoisotopic (exact) mass is 457 g/mol. The van der Waals surface area contributed by atoms with Crippen molar-refractivity contribution < 1.29 is 14.3 Å². The Hall–Kier alpha value is -4.26. The zero-order chi connectivity index (χ0) is 24.1. The normalized spacial score (nSPS) is 10.7. The Kier molecular flexibility index (Phi) is 6.82. The van der Waals surface area contributed by atoms with Crippen molar-refractivity contribution in [1.82, 2.24) is 9.88 Å². The molecular weight excluding hydrogens is 430 g/mol. The fourth-order valence-corrected chi connectivity index (χ4v) is 3.79. The number of ether oxygens (including phenoxy) is 2. The molecule has 0 aliphatic carbocycles. The van der Waals surface area contributed by atoms with Gasteiger partial charge in [-0.1, -0.05) is 35.9 Å². The molecule has 7 nitrogen and oxygen atoms in total. The number of amides is 2. The molecule has 0 unspecified atom stereocenters. The van der Waals surface area contributed by atoms with Gasteiger partial charge in [-0.15, -0.1) is 0 Å². The Morgan fingerprint density at radius 3 is 2.44 bits per heavy atom. The number of anilines is 1. The minimum atomic E-state index is -0.343. The van der Waals surface area contributed by atoms with E-state index in [2.05, 4.69) is 10.3 Å². The number of carbonyl (C=O) groups is 1. The Labute approximate surface area is 197 Å². The van der Waals surface area contributed by atoms with Crippen LogP contribution in [-0.4, -0.2) is 30.1 Å². The number of fused-ring (bicyclic) bond motifs is 1. The van der Waals surface area contributed by atoms with Gasteiger partial charge >= 0.3 is 6.03 Å². The number of aryl methyl sites for hydroxylation is 1. The number of pyridine rings is 1. The summed E-state index contributed by atoms with van der Waals surface area (Å²) in [4.78, 5) is 30.7. The summed E-state index contributed by atoms with van der Waals surface area (Å²) < 4.78 is 10.6. The molecule has 0 fully saturated rings. The smallest absolute Gasteiger partial charge is 0.322 e. The quantitative estimate of drug-likeness (QED) is 0.405. The van der Waals surface area contributed by atoms with Crippen molar-refractivity contribution in [2.24, 2.45) is 0 Å². The van der Waals surface area contributed by atoms with E-state index in [1.807, 2.05) is 67.6 Å². The number of carbonyl (C=O) groups excluding carboxylic acids is 1. The predicted octanol–water partition coefficient (Wildman–Crippen LogP) is 5.09. The average Bonchev–Trinajstić information content (AvgIpc) is 2.85. The van der Waals surface area contributed by atoms with Crippen LogP contribution in [0.2, 0.25) is 0 Å². The molecule has 2 amide bonds. The summed E-state index contributed by atoms with van der Waals surface area (Å²) in [6.45, 7) is 2.43. The minimum Gasteiger partial charge on any atom is -0.497 e. The summed E-state index contributed by atoms with van der Waals surface area (Å²) in [6, 6.07) is 22.0. The number of hydrogen-bond donors (Lipinski definition) is 2. The first kappa shape index (κ1) is 22.9. The minimum absolute atomic E-state index is 0.131. The third kappa shape index (κ3) is 5.20. The van der Waals surface area contributed by atoms with Gasteiger partial charge < -0.3 is 24.7 Å². The highest BCUT2D eigenvalue weighted by Gasteiger charge is 2.18. The van der Waals surface area contributed by atoms with Gasteiger partial charge in [-0.05, 0) is 60.3 Å². The largest absolute Gasteiger partial charge is 0.497 e. The van der Waals surface area contributed by atoms with Crippen LogP contribution in [0.3, 0.4) is 0 Å². The molecule has 0 saturated carbocycles. The topological polar surface area (TPSA) is 83.7 Å². The first-order valence-electron chi connectivity index (χ1n) is 10.9. The van der Waals surface area contributed by atoms with Crippen molar-refractivity contribution >= 4 is 22.6 Å². The summed E-state index contributed by atoms with van der Waals surface area (Å²) in [5, 5.41) is 3.84. The third-order valence-corrected chi connectivity index (χ3v) is 5.61. The summed E-state index contributed by atoms with van der Waals surface area (Å²) in [5.74, 6) is 1.29. The maximum atomic E-state index is 13.4. The molecule has 7 heteroatoms. The van der Waals surface area contributed by atoms with Gasteiger partial charge in [-0.2, -0.15) is 0 Å². The molecule has 3 aromatic carbocycles. The number of aromatic amines is 1. The molecule has 0 aliphatic heterocycles. The van der Waals surface area contributed by atoms with Crippen molar-refractivity contribution in [1.29, 1.82) is 0 Å². The van der Waals surface area contributed by atoms with E-state index in [-0.39, 0.29) is 18.1 Å². The van der Waals surface area contributed by atoms with E-state index in [1.165, 1.54) is 0 Å². The Morgan fingerprint density at radius 2 is 1.71 bits per heavy atom. The molecule has 174 valence electrons. The highest BCUT2D eigenvalue weighted by Crippen LogP contribution is 2.24. The number of hydrogen-bond acceptors (Lipinski definition) is 4. The Balaban J connectivity index is 1.66. The molecule has 2 N–H and O–H groups in total. The number of H-pyrrole nitrogens is 1. The van der Waals surface area contributed by atoms with E-state index in [0.29, 0.717) is 23.5 Å². The highest BCUT2D eigenvalue weighted by molar-refractivity contribution is 5.91. The first-order chi connectivity index (χ1) is 16.5. The van der Waals surface area contributed by atoms with Crippen molar-refractivity contribution in [2.75, 3.05) is 19.5 Å². The lowest BCUT2D eigenvalue weighted by Crippen LogP contribution is -2.35. The molecule has 0 radical (unpaired) electrons. The van der Waals surface area contributed by atoms with Crippen LogP contribution < -0.4 is 20.3 Å². The van der Waals surface area contributed by atoms with Crippen LogP contribution >= 0.6 is 0 Å². The second kappa shape index (κ2) is 10.1. The number of urea groups is 1. The second-order valence-corrected chi connectivity index (χ2v) is 8.05. The molecule has 0 spiro atoms. The van der Waals surface area contributed by atoms with Crippen LogP contribution in [0.5, 0.6) is 11.5 Å². The van der Waals surface area contributed by atoms with Crippen LogP contribution in [0.15, 0.2) is 77.6 Å². The van der Waals surface area contributed by atoms with E-state index in [4.69, 9.17) is 9.47 Å². The van der Waals surface area contributed by atoms with Gasteiger partial charge in [0.2, 0.25) is 0 Å². The van der Waals surface area contributed by atoms with E-state index < -0.39 is 0 Å². The fourth-order valence-electron chi connectivity index (χ4n) is 3.79. The maximum Gasteiger partial charge on any atom is 0.322 e. The van der Waals surface area contributed by atoms with Gasteiger partial charge in [0.15, 0.2) is 0 Å². The van der Waals surface area contributed by atoms with Crippen molar-refractivity contribution in [3.8, 4) is 11.5 Å². The molecule has 4 aromatic rings. The van der Waals surface area contributed by atoms with Crippen LogP contribution in [0, 0.1) is 6.92 Å². The summed E-state index contributed by atoms with van der Waals surface area (Å²) in [6.07, 6.45) is 0. The van der Waals surface area contributed by atoms with Crippen LogP contribution in [0.25, 0.3) is 10.9 Å². The standard InChI is InChI=1S/C27H27N3O4/c1-18-8-13-23-20(14-18)15-21(26(31)28-23)17-30(16-19-9-11-22(33-2)12-10-19)27(32)29-24-6-4-5-7-25(24)34-3/h4-15H,16-17H2,1-3H3,(H,28,31)(H,29,32). The predicted molar refractivity (Wildman–Crippen MR) is 134 cm³/mol. The second-order valence-electron chi connectivity index (χ2n) is 8.05. The van der Waals surface area contributed by atoms with E-state index in [0.717, 1.165) is 27.8 Å². The molecule has 1 heterocycles. The number of benzene rings is 3. The Bertz CT molecular complexity index is 1360. The van der Waals surface area contributed by atoms with Crippen LogP contribution in [0.4, 0.5) is 10.5 Å². The Morgan fingerprint density at radius 1 is 0.941 bits per heavy atom. The van der Waals surface area contributed by atoms with Crippen molar-refractivity contribution in [3.05, 3.63) is 99.8 Å². The molecule has 0 atom stereocenters. The van der Waals surface area contributed by atoms with Crippen molar-refractivity contribution in [3.63, 3.8) is 0 Å². The lowest BCUT2D eigenvalue weighted by molar-refractivity contribution is 0.206. The third-order valence-electron chi connectivity index (χ3n) is 5.61. The first-order valence-corrected chi connectivity index (χ1v) is 10.9. The van der Waals surface area contributed by atoms with E-state index in [9.17, 15) is 9.59 Å². The number of nitrogens with zero attached hydrogens (tertiary/aromatic N) is 1. The van der Waals surface area contributed by atoms with Gasteiger partial charge in [-0.3, -0.25) is 4.79 Å². The van der Waals surface area contributed by atoms with Gasteiger partial charge in [0.05, 0.1) is 26.5 Å². The SMILES string of the molecule is COc1ccc(CN(Cc2cc3cc(C)ccc3[nH]c2=O)C(=O)Nc2ccccc2OC)cc1. The lowest BCUT2D eigenvalue weighted by Gasteiger charge is -2.24. The molecule has 0 saturated heterocycles. The number of aromatic nitrogens is 1.